The number of hydrogen-bond donors (Lipinski definition) is 1. The second-order valence-corrected chi connectivity index (χ2v) is 10.2. The Bertz CT molecular complexity index is 1660. The number of aromatic nitrogens is 6. The molecule has 0 atom stereocenters. The van der Waals surface area contributed by atoms with Crippen LogP contribution in [-0.2, 0) is 13.7 Å². The molecule has 0 unspecified atom stereocenters. The first-order chi connectivity index (χ1) is 19.9. The summed E-state index contributed by atoms with van der Waals surface area (Å²) in [6.07, 6.45) is 7.71. The molecule has 5 aromatic rings. The second-order valence-electron chi connectivity index (χ2n) is 10.2. The molecule has 0 spiro atoms. The maximum atomic E-state index is 11.6. The van der Waals surface area contributed by atoms with Crippen LogP contribution in [0.3, 0.4) is 0 Å². The molecule has 0 aliphatic heterocycles. The summed E-state index contributed by atoms with van der Waals surface area (Å²) in [5.41, 5.74) is 3.58. The van der Waals surface area contributed by atoms with Crippen molar-refractivity contribution >= 4 is 22.8 Å². The minimum atomic E-state index is -1.07. The molecular weight excluding hydrogens is 522 g/mol. The van der Waals surface area contributed by atoms with Crippen molar-refractivity contribution in [3.05, 3.63) is 78.8 Å². The average Bonchev–Trinajstić information content (AvgIpc) is 3.60. The third-order valence-corrected chi connectivity index (χ3v) is 7.39. The van der Waals surface area contributed by atoms with Crippen molar-refractivity contribution < 1.29 is 19.4 Å². The summed E-state index contributed by atoms with van der Waals surface area (Å²) in [5, 5.41) is 19.6. The largest absolute Gasteiger partial charge is 0.474 e. The number of benzene rings is 1. The summed E-state index contributed by atoms with van der Waals surface area (Å²) in [6, 6.07) is 17.5. The molecule has 1 saturated carbocycles. The fourth-order valence-electron chi connectivity index (χ4n) is 5.19. The van der Waals surface area contributed by atoms with Gasteiger partial charge in [-0.1, -0.05) is 36.4 Å². The van der Waals surface area contributed by atoms with Gasteiger partial charge >= 0.3 is 6.09 Å². The Kier molecular flexibility index (Phi) is 7.24. The van der Waals surface area contributed by atoms with Crippen LogP contribution in [0.2, 0.25) is 0 Å². The van der Waals surface area contributed by atoms with E-state index < -0.39 is 6.09 Å². The van der Waals surface area contributed by atoms with Crippen LogP contribution in [0, 0.1) is 0 Å². The van der Waals surface area contributed by atoms with E-state index in [1.54, 1.807) is 23.1 Å². The summed E-state index contributed by atoms with van der Waals surface area (Å²) in [6.45, 7) is 0.445. The minimum absolute atomic E-state index is 0.0260. The van der Waals surface area contributed by atoms with Gasteiger partial charge in [0.1, 0.15) is 24.2 Å². The van der Waals surface area contributed by atoms with Crippen LogP contribution in [0.15, 0.2) is 73.2 Å². The van der Waals surface area contributed by atoms with Gasteiger partial charge in [-0.3, -0.25) is 14.3 Å². The molecule has 11 nitrogen and oxygen atoms in total. The van der Waals surface area contributed by atoms with Gasteiger partial charge in [-0.25, -0.2) is 9.78 Å². The van der Waals surface area contributed by atoms with Crippen molar-refractivity contribution in [3.63, 3.8) is 0 Å². The Balaban J connectivity index is 1.17. The van der Waals surface area contributed by atoms with Crippen molar-refractivity contribution in [2.75, 3.05) is 11.9 Å². The summed E-state index contributed by atoms with van der Waals surface area (Å²) in [7, 11) is 3.35. The molecule has 11 heteroatoms. The Hall–Kier alpha value is -4.93. The van der Waals surface area contributed by atoms with Gasteiger partial charge in [-0.2, -0.15) is 15.2 Å². The zero-order valence-corrected chi connectivity index (χ0v) is 22.9. The highest BCUT2D eigenvalue weighted by molar-refractivity contribution is 5.95. The first-order valence-electron chi connectivity index (χ1n) is 13.6. The van der Waals surface area contributed by atoms with Gasteiger partial charge in [0.05, 0.1) is 17.8 Å². The van der Waals surface area contributed by atoms with Crippen LogP contribution in [0.5, 0.6) is 11.8 Å². The molecule has 1 aromatic carbocycles. The number of carboxylic acid groups (broad SMARTS) is 1. The number of carbonyl (C=O) groups is 1. The predicted molar refractivity (Wildman–Crippen MR) is 153 cm³/mol. The number of fused-ring (bicyclic) bond motifs is 1. The Morgan fingerprint density at radius 3 is 2.56 bits per heavy atom. The summed E-state index contributed by atoms with van der Waals surface area (Å²) >= 11 is 0. The van der Waals surface area contributed by atoms with E-state index in [9.17, 15) is 9.90 Å². The normalized spacial score (nSPS) is 16.9. The number of nitrogens with zero attached hydrogens (tertiary/aromatic N) is 7. The summed E-state index contributed by atoms with van der Waals surface area (Å²) < 4.78 is 15.9. The lowest BCUT2D eigenvalue weighted by Crippen LogP contribution is -2.27. The number of aryl methyl sites for hydroxylation is 1. The van der Waals surface area contributed by atoms with Crippen molar-refractivity contribution in [3.8, 4) is 23.0 Å². The maximum absolute atomic E-state index is 11.6. The molecule has 1 aliphatic carbocycles. The highest BCUT2D eigenvalue weighted by Gasteiger charge is 2.28. The van der Waals surface area contributed by atoms with E-state index in [0.29, 0.717) is 24.2 Å². The number of pyridine rings is 2. The molecule has 1 fully saturated rings. The quantitative estimate of drug-likeness (QED) is 0.268. The van der Waals surface area contributed by atoms with Crippen LogP contribution < -0.4 is 14.4 Å². The van der Waals surface area contributed by atoms with E-state index in [0.717, 1.165) is 58.3 Å². The molecule has 41 heavy (non-hydrogen) atoms. The van der Waals surface area contributed by atoms with Crippen molar-refractivity contribution in [1.29, 1.82) is 0 Å². The Morgan fingerprint density at radius 2 is 1.83 bits per heavy atom. The van der Waals surface area contributed by atoms with Gasteiger partial charge in [0, 0.05) is 55.6 Å². The van der Waals surface area contributed by atoms with E-state index in [-0.39, 0.29) is 12.1 Å². The fourth-order valence-corrected chi connectivity index (χ4v) is 5.19. The van der Waals surface area contributed by atoms with Crippen LogP contribution >= 0.6 is 0 Å². The van der Waals surface area contributed by atoms with Crippen LogP contribution in [0.4, 0.5) is 10.6 Å². The van der Waals surface area contributed by atoms with Crippen molar-refractivity contribution in [2.24, 2.45) is 7.05 Å². The molecule has 0 saturated heterocycles. The van der Waals surface area contributed by atoms with Gasteiger partial charge in [0.2, 0.25) is 11.8 Å². The van der Waals surface area contributed by atoms with Gasteiger partial charge in [-0.15, -0.1) is 0 Å². The highest BCUT2D eigenvalue weighted by atomic mass is 16.5. The van der Waals surface area contributed by atoms with E-state index in [1.165, 1.54) is 7.05 Å². The van der Waals surface area contributed by atoms with E-state index in [4.69, 9.17) is 14.6 Å². The standard InChI is InChI=1S/C30H31N7O4/c1-35-18-21(16-32-35)29-24-17-31-26(36(2)30(38)39)15-25(24)37(34-29)22-11-13-23(14-12-22)41-28-10-6-9-27(33-28)40-19-20-7-4-3-5-8-20/h3-10,15-18,22-23H,11-14,19H2,1-2H3,(H,38,39)/t22-,23+. The highest BCUT2D eigenvalue weighted by Crippen LogP contribution is 2.36. The Morgan fingerprint density at radius 1 is 1.05 bits per heavy atom. The van der Waals surface area contributed by atoms with Crippen LogP contribution in [-0.4, -0.2) is 53.9 Å². The number of ether oxygens (including phenoxy) is 2. The first-order valence-corrected chi connectivity index (χ1v) is 13.6. The average molecular weight is 554 g/mol. The first kappa shape index (κ1) is 26.3. The fraction of sp³-hybridized carbons (Fsp3) is 0.300. The molecule has 4 heterocycles. The molecule has 1 amide bonds. The number of hydrogen-bond acceptors (Lipinski definition) is 7. The van der Waals surface area contributed by atoms with Gasteiger partial charge in [0.25, 0.3) is 0 Å². The van der Waals surface area contributed by atoms with Gasteiger partial charge < -0.3 is 14.6 Å². The van der Waals surface area contributed by atoms with E-state index >= 15 is 0 Å². The molecule has 4 aromatic heterocycles. The molecule has 0 bridgehead atoms. The molecule has 6 rings (SSSR count). The van der Waals surface area contributed by atoms with Gasteiger partial charge in [-0.05, 0) is 31.2 Å². The zero-order valence-electron chi connectivity index (χ0n) is 22.9. The third kappa shape index (κ3) is 5.69. The summed E-state index contributed by atoms with van der Waals surface area (Å²) in [5.74, 6) is 1.43. The smallest absolute Gasteiger partial charge is 0.412 e. The molecule has 0 radical (unpaired) electrons. The lowest BCUT2D eigenvalue weighted by atomic mass is 9.93. The molecule has 1 aliphatic rings. The maximum Gasteiger partial charge on any atom is 0.412 e. The van der Waals surface area contributed by atoms with Crippen LogP contribution in [0.25, 0.3) is 22.2 Å². The lowest BCUT2D eigenvalue weighted by molar-refractivity contribution is 0.124. The second kappa shape index (κ2) is 11.3. The lowest BCUT2D eigenvalue weighted by Gasteiger charge is -2.29. The summed E-state index contributed by atoms with van der Waals surface area (Å²) in [4.78, 5) is 21.6. The Labute approximate surface area is 237 Å². The number of amides is 1. The predicted octanol–water partition coefficient (Wildman–Crippen LogP) is 5.48. The SMILES string of the molecule is CN(C(=O)O)c1cc2c(cn1)c(-c1cnn(C)c1)nn2[C@H]1CC[C@@H](Oc2cccc(OCc3ccccc3)n2)CC1. The molecule has 210 valence electrons. The zero-order chi connectivity index (χ0) is 28.3. The van der Waals surface area contributed by atoms with Crippen LogP contribution in [0.1, 0.15) is 37.3 Å². The number of anilines is 1. The molecular formula is C30H31N7O4. The minimum Gasteiger partial charge on any atom is -0.474 e. The monoisotopic (exact) mass is 553 g/mol. The van der Waals surface area contributed by atoms with E-state index in [2.05, 4.69) is 15.1 Å². The third-order valence-electron chi connectivity index (χ3n) is 7.39. The van der Waals surface area contributed by atoms with E-state index in [1.807, 2.05) is 66.5 Å². The van der Waals surface area contributed by atoms with Crippen molar-refractivity contribution in [1.82, 2.24) is 29.5 Å². The molecule has 1 N–H and O–H groups in total. The number of rotatable bonds is 8. The van der Waals surface area contributed by atoms with Crippen molar-refractivity contribution in [2.45, 2.75) is 44.4 Å². The van der Waals surface area contributed by atoms with Gasteiger partial charge in [0.15, 0.2) is 0 Å². The topological polar surface area (TPSA) is 120 Å².